The molecule has 2 heterocycles. The molecule has 24 heavy (non-hydrogen) atoms. The molecule has 1 aliphatic rings. The Morgan fingerprint density at radius 1 is 1.04 bits per heavy atom. The van der Waals surface area contributed by atoms with Crippen molar-refractivity contribution in [3.05, 3.63) is 60.6 Å². The molecule has 4 nitrogen and oxygen atoms in total. The summed E-state index contributed by atoms with van der Waals surface area (Å²) in [6.45, 7) is 1.09. The van der Waals surface area contributed by atoms with Crippen LogP contribution in [0.1, 0.15) is 18.7 Å². The summed E-state index contributed by atoms with van der Waals surface area (Å²) in [4.78, 5) is 4.78. The van der Waals surface area contributed by atoms with Crippen LogP contribution in [0, 0.1) is 0 Å². The van der Waals surface area contributed by atoms with E-state index in [0.717, 1.165) is 41.3 Å². The molecule has 4 rings (SSSR count). The van der Waals surface area contributed by atoms with Gasteiger partial charge >= 0.3 is 0 Å². The fourth-order valence-corrected chi connectivity index (χ4v) is 3.18. The lowest BCUT2D eigenvalue weighted by atomic mass is 10.1. The predicted molar refractivity (Wildman–Crippen MR) is 96.9 cm³/mol. The van der Waals surface area contributed by atoms with E-state index in [9.17, 15) is 0 Å². The first-order valence-corrected chi connectivity index (χ1v) is 8.40. The largest absolute Gasteiger partial charge is 0.495 e. The lowest BCUT2D eigenvalue weighted by molar-refractivity contribution is 0.417. The molecule has 1 aliphatic heterocycles. The molecule has 0 unspecified atom stereocenters. The summed E-state index contributed by atoms with van der Waals surface area (Å²) in [7, 11) is 1.68. The van der Waals surface area contributed by atoms with Crippen LogP contribution >= 0.6 is 0 Å². The van der Waals surface area contributed by atoms with Crippen molar-refractivity contribution in [3.63, 3.8) is 0 Å². The average molecular weight is 319 g/mol. The number of hydrogen-bond donors (Lipinski definition) is 1. The molecule has 0 saturated carbocycles. The molecule has 0 amide bonds. The summed E-state index contributed by atoms with van der Waals surface area (Å²) in [6.07, 6.45) is 5.77. The van der Waals surface area contributed by atoms with Crippen LogP contribution in [0.2, 0.25) is 0 Å². The van der Waals surface area contributed by atoms with Gasteiger partial charge in [0.05, 0.1) is 18.5 Å². The maximum absolute atomic E-state index is 5.38. The SMILES string of the molecule is COc1ccccc1Nc1ccc(-c2cn3c(n2)CCCC3)cc1. The molecule has 2 aromatic carbocycles. The fourth-order valence-electron chi connectivity index (χ4n) is 3.18. The molecule has 0 radical (unpaired) electrons. The van der Waals surface area contributed by atoms with Gasteiger partial charge in [-0.15, -0.1) is 0 Å². The van der Waals surface area contributed by atoms with Gasteiger partial charge in [-0.1, -0.05) is 24.3 Å². The first kappa shape index (κ1) is 14.8. The van der Waals surface area contributed by atoms with E-state index in [1.165, 1.54) is 18.7 Å². The molecule has 0 bridgehead atoms. The van der Waals surface area contributed by atoms with E-state index >= 15 is 0 Å². The summed E-state index contributed by atoms with van der Waals surface area (Å²) in [5, 5.41) is 3.40. The second-order valence-electron chi connectivity index (χ2n) is 6.10. The predicted octanol–water partition coefficient (Wildman–Crippen LogP) is 4.64. The maximum atomic E-state index is 5.38. The van der Waals surface area contributed by atoms with Gasteiger partial charge in [0.1, 0.15) is 11.6 Å². The van der Waals surface area contributed by atoms with Crippen LogP contribution in [-0.2, 0) is 13.0 Å². The third-order valence-electron chi connectivity index (χ3n) is 4.48. The lowest BCUT2D eigenvalue weighted by Gasteiger charge is -2.11. The van der Waals surface area contributed by atoms with Gasteiger partial charge in [0.15, 0.2) is 0 Å². The van der Waals surface area contributed by atoms with E-state index < -0.39 is 0 Å². The minimum Gasteiger partial charge on any atom is -0.495 e. The van der Waals surface area contributed by atoms with E-state index in [1.54, 1.807) is 7.11 Å². The molecule has 0 spiro atoms. The molecule has 1 N–H and O–H groups in total. The number of methoxy groups -OCH3 is 1. The van der Waals surface area contributed by atoms with Gasteiger partial charge in [-0.05, 0) is 37.1 Å². The van der Waals surface area contributed by atoms with Gasteiger partial charge in [0, 0.05) is 30.4 Å². The fraction of sp³-hybridized carbons (Fsp3) is 0.250. The van der Waals surface area contributed by atoms with Crippen molar-refractivity contribution in [3.8, 4) is 17.0 Å². The van der Waals surface area contributed by atoms with Crippen molar-refractivity contribution in [2.45, 2.75) is 25.8 Å². The highest BCUT2D eigenvalue weighted by Crippen LogP contribution is 2.29. The first-order chi connectivity index (χ1) is 11.8. The van der Waals surface area contributed by atoms with Crippen molar-refractivity contribution in [2.75, 3.05) is 12.4 Å². The Labute approximate surface area is 142 Å². The molecule has 0 aliphatic carbocycles. The molecular formula is C20H21N3O. The summed E-state index contributed by atoms with van der Waals surface area (Å²) in [5.41, 5.74) is 4.22. The second kappa shape index (κ2) is 6.40. The summed E-state index contributed by atoms with van der Waals surface area (Å²) < 4.78 is 7.67. The van der Waals surface area contributed by atoms with E-state index in [2.05, 4.69) is 40.3 Å². The number of nitrogens with one attached hydrogen (secondary N) is 1. The maximum Gasteiger partial charge on any atom is 0.142 e. The van der Waals surface area contributed by atoms with E-state index in [4.69, 9.17) is 9.72 Å². The molecule has 0 saturated heterocycles. The second-order valence-corrected chi connectivity index (χ2v) is 6.10. The number of anilines is 2. The molecule has 122 valence electrons. The Bertz CT molecular complexity index is 813. The van der Waals surface area contributed by atoms with Crippen LogP contribution in [0.15, 0.2) is 54.7 Å². The number of nitrogens with zero attached hydrogens (tertiary/aromatic N) is 2. The third kappa shape index (κ3) is 2.87. The zero-order valence-corrected chi connectivity index (χ0v) is 13.8. The van der Waals surface area contributed by atoms with Gasteiger partial charge in [0.2, 0.25) is 0 Å². The van der Waals surface area contributed by atoms with Crippen LogP contribution in [0.5, 0.6) is 5.75 Å². The Morgan fingerprint density at radius 3 is 2.67 bits per heavy atom. The van der Waals surface area contributed by atoms with Gasteiger partial charge < -0.3 is 14.6 Å². The Balaban J connectivity index is 1.55. The van der Waals surface area contributed by atoms with Crippen LogP contribution in [0.3, 0.4) is 0 Å². The van der Waals surface area contributed by atoms with Crippen LogP contribution < -0.4 is 10.1 Å². The minimum atomic E-state index is 0.836. The van der Waals surface area contributed by atoms with E-state index in [1.807, 2.05) is 24.3 Å². The molecule has 0 atom stereocenters. The van der Waals surface area contributed by atoms with Crippen molar-refractivity contribution < 1.29 is 4.74 Å². The Hall–Kier alpha value is -2.75. The monoisotopic (exact) mass is 319 g/mol. The Morgan fingerprint density at radius 2 is 1.88 bits per heavy atom. The van der Waals surface area contributed by atoms with Crippen molar-refractivity contribution >= 4 is 11.4 Å². The number of ether oxygens (including phenoxy) is 1. The van der Waals surface area contributed by atoms with E-state index in [-0.39, 0.29) is 0 Å². The topological polar surface area (TPSA) is 39.1 Å². The van der Waals surface area contributed by atoms with Gasteiger partial charge in [-0.25, -0.2) is 4.98 Å². The lowest BCUT2D eigenvalue weighted by Crippen LogP contribution is -2.08. The van der Waals surface area contributed by atoms with Crippen molar-refractivity contribution in [1.29, 1.82) is 0 Å². The van der Waals surface area contributed by atoms with Crippen LogP contribution in [-0.4, -0.2) is 16.7 Å². The van der Waals surface area contributed by atoms with Crippen molar-refractivity contribution in [1.82, 2.24) is 9.55 Å². The van der Waals surface area contributed by atoms with E-state index in [0.29, 0.717) is 0 Å². The molecular weight excluding hydrogens is 298 g/mol. The van der Waals surface area contributed by atoms with Crippen LogP contribution in [0.4, 0.5) is 11.4 Å². The quantitative estimate of drug-likeness (QED) is 0.761. The zero-order valence-electron chi connectivity index (χ0n) is 13.8. The standard InChI is InChI=1S/C20H21N3O/c1-24-19-7-3-2-6-17(19)21-16-11-9-15(10-12-16)18-14-23-13-5-4-8-20(23)22-18/h2-3,6-7,9-12,14,21H,4-5,8,13H2,1H3. The molecule has 0 fully saturated rings. The normalized spacial score (nSPS) is 13.4. The van der Waals surface area contributed by atoms with Gasteiger partial charge in [0.25, 0.3) is 0 Å². The number of fused-ring (bicyclic) bond motifs is 1. The number of rotatable bonds is 4. The number of aromatic nitrogens is 2. The molecule has 4 heteroatoms. The smallest absolute Gasteiger partial charge is 0.142 e. The van der Waals surface area contributed by atoms with Gasteiger partial charge in [-0.3, -0.25) is 0 Å². The minimum absolute atomic E-state index is 0.836. The number of benzene rings is 2. The zero-order chi connectivity index (χ0) is 16.4. The summed E-state index contributed by atoms with van der Waals surface area (Å²) in [6, 6.07) is 16.3. The first-order valence-electron chi connectivity index (χ1n) is 8.40. The molecule has 3 aromatic rings. The third-order valence-corrected chi connectivity index (χ3v) is 4.48. The van der Waals surface area contributed by atoms with Crippen LogP contribution in [0.25, 0.3) is 11.3 Å². The number of aryl methyl sites for hydroxylation is 2. The van der Waals surface area contributed by atoms with Crippen molar-refractivity contribution in [2.24, 2.45) is 0 Å². The number of imidazole rings is 1. The molecule has 1 aromatic heterocycles. The number of hydrogen-bond acceptors (Lipinski definition) is 3. The average Bonchev–Trinajstić information content (AvgIpc) is 3.07. The highest BCUT2D eigenvalue weighted by Gasteiger charge is 2.13. The highest BCUT2D eigenvalue weighted by molar-refractivity contribution is 5.69. The Kier molecular flexibility index (Phi) is 3.95. The number of para-hydroxylation sites is 2. The van der Waals surface area contributed by atoms with Gasteiger partial charge in [-0.2, -0.15) is 0 Å². The summed E-state index contributed by atoms with van der Waals surface area (Å²) >= 11 is 0. The highest BCUT2D eigenvalue weighted by atomic mass is 16.5. The summed E-state index contributed by atoms with van der Waals surface area (Å²) in [5.74, 6) is 2.05.